The summed E-state index contributed by atoms with van der Waals surface area (Å²) in [5.74, 6) is 2.09. The summed E-state index contributed by atoms with van der Waals surface area (Å²) in [4.78, 5) is 12.2. The highest BCUT2D eigenvalue weighted by Crippen LogP contribution is 2.32. The van der Waals surface area contributed by atoms with Gasteiger partial charge in [0.15, 0.2) is 23.0 Å². The second-order valence-corrected chi connectivity index (χ2v) is 5.20. The fourth-order valence-corrected chi connectivity index (χ4v) is 2.41. The number of rotatable bonds is 8. The normalized spacial score (nSPS) is 10.5. The molecule has 0 aliphatic carbocycles. The minimum atomic E-state index is -0.277. The van der Waals surface area contributed by atoms with E-state index in [1.54, 1.807) is 51.7 Å². The van der Waals surface area contributed by atoms with E-state index in [-0.39, 0.29) is 5.91 Å². The van der Waals surface area contributed by atoms with Gasteiger partial charge in [-0.05, 0) is 31.2 Å². The van der Waals surface area contributed by atoms with E-state index in [4.69, 9.17) is 18.9 Å². The van der Waals surface area contributed by atoms with Crippen molar-refractivity contribution in [2.75, 3.05) is 33.3 Å². The molecule has 0 bridgehead atoms. The standard InChI is InChI=1S/C20H23NO5/c1-5-26-16-11-10-15(13-18(16)24-3)21-19(22)12-9-14-7-6-8-17(23-2)20(14)25-4/h6-13H,5H2,1-4H3,(H,21,22)/b12-9+. The van der Waals surface area contributed by atoms with E-state index < -0.39 is 0 Å². The highest BCUT2D eigenvalue weighted by Gasteiger charge is 2.09. The van der Waals surface area contributed by atoms with Crippen molar-refractivity contribution in [3.8, 4) is 23.0 Å². The monoisotopic (exact) mass is 357 g/mol. The van der Waals surface area contributed by atoms with Gasteiger partial charge in [0, 0.05) is 23.4 Å². The van der Waals surface area contributed by atoms with E-state index in [1.807, 2.05) is 19.1 Å². The minimum Gasteiger partial charge on any atom is -0.493 e. The maximum Gasteiger partial charge on any atom is 0.248 e. The van der Waals surface area contributed by atoms with Crippen LogP contribution in [0, 0.1) is 0 Å². The molecule has 0 saturated heterocycles. The van der Waals surface area contributed by atoms with E-state index in [9.17, 15) is 4.79 Å². The van der Waals surface area contributed by atoms with Crippen molar-refractivity contribution in [2.45, 2.75) is 6.92 Å². The Balaban J connectivity index is 2.13. The van der Waals surface area contributed by atoms with Crippen LogP contribution in [0.15, 0.2) is 42.5 Å². The Bertz CT molecular complexity index is 786. The Morgan fingerprint density at radius 1 is 1.00 bits per heavy atom. The van der Waals surface area contributed by atoms with E-state index in [0.29, 0.717) is 35.3 Å². The summed E-state index contributed by atoms with van der Waals surface area (Å²) in [6, 6.07) is 10.7. The molecule has 0 radical (unpaired) electrons. The Hall–Kier alpha value is -3.15. The van der Waals surface area contributed by atoms with Gasteiger partial charge in [0.25, 0.3) is 0 Å². The van der Waals surface area contributed by atoms with Crippen molar-refractivity contribution < 1.29 is 23.7 Å². The van der Waals surface area contributed by atoms with Gasteiger partial charge < -0.3 is 24.3 Å². The van der Waals surface area contributed by atoms with Crippen LogP contribution in [0.5, 0.6) is 23.0 Å². The number of para-hydroxylation sites is 1. The third-order valence-corrected chi connectivity index (χ3v) is 3.58. The third kappa shape index (κ3) is 4.69. The summed E-state index contributed by atoms with van der Waals surface area (Å²) < 4.78 is 21.3. The first-order valence-electron chi connectivity index (χ1n) is 8.13. The van der Waals surface area contributed by atoms with Gasteiger partial charge in [0.2, 0.25) is 5.91 Å². The number of nitrogens with one attached hydrogen (secondary N) is 1. The van der Waals surface area contributed by atoms with Gasteiger partial charge in [-0.2, -0.15) is 0 Å². The quantitative estimate of drug-likeness (QED) is 0.729. The number of amides is 1. The molecule has 26 heavy (non-hydrogen) atoms. The molecule has 0 unspecified atom stereocenters. The largest absolute Gasteiger partial charge is 0.493 e. The summed E-state index contributed by atoms with van der Waals surface area (Å²) >= 11 is 0. The van der Waals surface area contributed by atoms with Gasteiger partial charge in [-0.3, -0.25) is 4.79 Å². The molecule has 6 heteroatoms. The number of hydrogen-bond acceptors (Lipinski definition) is 5. The zero-order valence-electron chi connectivity index (χ0n) is 15.4. The summed E-state index contributed by atoms with van der Waals surface area (Å²) in [6.07, 6.45) is 3.10. The van der Waals surface area contributed by atoms with Crippen LogP contribution in [0.1, 0.15) is 12.5 Å². The van der Waals surface area contributed by atoms with Crippen molar-refractivity contribution in [1.82, 2.24) is 0 Å². The van der Waals surface area contributed by atoms with Gasteiger partial charge in [0.1, 0.15) is 0 Å². The van der Waals surface area contributed by atoms with Crippen LogP contribution in [0.3, 0.4) is 0 Å². The van der Waals surface area contributed by atoms with Crippen LogP contribution >= 0.6 is 0 Å². The van der Waals surface area contributed by atoms with Crippen molar-refractivity contribution >= 4 is 17.7 Å². The number of anilines is 1. The summed E-state index contributed by atoms with van der Waals surface area (Å²) in [5.41, 5.74) is 1.35. The summed E-state index contributed by atoms with van der Waals surface area (Å²) in [6.45, 7) is 2.43. The topological polar surface area (TPSA) is 66.0 Å². The average molecular weight is 357 g/mol. The van der Waals surface area contributed by atoms with Crippen LogP contribution in [0.25, 0.3) is 6.08 Å². The lowest BCUT2D eigenvalue weighted by Gasteiger charge is -2.11. The maximum atomic E-state index is 12.2. The lowest BCUT2D eigenvalue weighted by molar-refractivity contribution is -0.111. The minimum absolute atomic E-state index is 0.277. The smallest absolute Gasteiger partial charge is 0.248 e. The number of benzene rings is 2. The molecule has 138 valence electrons. The Morgan fingerprint density at radius 3 is 2.42 bits per heavy atom. The van der Waals surface area contributed by atoms with E-state index in [1.165, 1.54) is 6.08 Å². The first-order chi connectivity index (χ1) is 12.6. The van der Waals surface area contributed by atoms with Gasteiger partial charge >= 0.3 is 0 Å². The van der Waals surface area contributed by atoms with E-state index in [0.717, 1.165) is 5.56 Å². The molecule has 0 aromatic heterocycles. The molecule has 0 saturated carbocycles. The van der Waals surface area contributed by atoms with E-state index >= 15 is 0 Å². The lowest BCUT2D eigenvalue weighted by Crippen LogP contribution is -2.08. The van der Waals surface area contributed by atoms with Crippen LogP contribution in [-0.4, -0.2) is 33.8 Å². The molecule has 0 aliphatic heterocycles. The Morgan fingerprint density at radius 2 is 1.77 bits per heavy atom. The Kier molecular flexibility index (Phi) is 6.91. The third-order valence-electron chi connectivity index (χ3n) is 3.58. The maximum absolute atomic E-state index is 12.2. The lowest BCUT2D eigenvalue weighted by atomic mass is 10.1. The molecule has 1 N–H and O–H groups in total. The number of carbonyl (C=O) groups excluding carboxylic acids is 1. The molecule has 0 atom stereocenters. The van der Waals surface area contributed by atoms with Crippen molar-refractivity contribution in [3.05, 3.63) is 48.0 Å². The van der Waals surface area contributed by atoms with Gasteiger partial charge in [0.05, 0.1) is 27.9 Å². The molecule has 0 aliphatic rings. The first kappa shape index (κ1) is 19.2. The molecule has 2 aromatic carbocycles. The average Bonchev–Trinajstić information content (AvgIpc) is 2.67. The second kappa shape index (κ2) is 9.36. The molecule has 6 nitrogen and oxygen atoms in total. The number of methoxy groups -OCH3 is 3. The van der Waals surface area contributed by atoms with Gasteiger partial charge in [-0.1, -0.05) is 12.1 Å². The van der Waals surface area contributed by atoms with Gasteiger partial charge in [-0.25, -0.2) is 0 Å². The first-order valence-corrected chi connectivity index (χ1v) is 8.13. The highest BCUT2D eigenvalue weighted by molar-refractivity contribution is 6.02. The molecule has 2 rings (SSSR count). The fourth-order valence-electron chi connectivity index (χ4n) is 2.41. The summed E-state index contributed by atoms with van der Waals surface area (Å²) in [5, 5.41) is 2.79. The van der Waals surface area contributed by atoms with Crippen molar-refractivity contribution in [2.24, 2.45) is 0 Å². The second-order valence-electron chi connectivity index (χ2n) is 5.20. The van der Waals surface area contributed by atoms with Crippen LogP contribution in [-0.2, 0) is 4.79 Å². The predicted octanol–water partition coefficient (Wildman–Crippen LogP) is 3.76. The van der Waals surface area contributed by atoms with Crippen LogP contribution in [0.2, 0.25) is 0 Å². The zero-order chi connectivity index (χ0) is 18.9. The zero-order valence-corrected chi connectivity index (χ0v) is 15.4. The SMILES string of the molecule is CCOc1ccc(NC(=O)/C=C/c2cccc(OC)c2OC)cc1OC. The van der Waals surface area contributed by atoms with Crippen LogP contribution < -0.4 is 24.3 Å². The number of carbonyl (C=O) groups is 1. The van der Waals surface area contributed by atoms with E-state index in [2.05, 4.69) is 5.32 Å². The molecule has 2 aromatic rings. The predicted molar refractivity (Wildman–Crippen MR) is 101 cm³/mol. The van der Waals surface area contributed by atoms with Crippen LogP contribution in [0.4, 0.5) is 5.69 Å². The van der Waals surface area contributed by atoms with Crippen molar-refractivity contribution in [3.63, 3.8) is 0 Å². The fraction of sp³-hybridized carbons (Fsp3) is 0.250. The number of hydrogen-bond donors (Lipinski definition) is 1. The molecular formula is C20H23NO5. The summed E-state index contributed by atoms with van der Waals surface area (Å²) in [7, 11) is 4.68. The molecule has 0 fully saturated rings. The highest BCUT2D eigenvalue weighted by atomic mass is 16.5. The Labute approximate surface area is 153 Å². The number of ether oxygens (including phenoxy) is 4. The molecule has 0 spiro atoms. The molecular weight excluding hydrogens is 334 g/mol. The molecule has 0 heterocycles. The van der Waals surface area contributed by atoms with Gasteiger partial charge in [-0.15, -0.1) is 0 Å². The molecule has 1 amide bonds. The van der Waals surface area contributed by atoms with Crippen molar-refractivity contribution in [1.29, 1.82) is 0 Å².